The highest BCUT2D eigenvalue weighted by molar-refractivity contribution is 5.70. The van der Waals surface area contributed by atoms with Crippen LogP contribution in [0.3, 0.4) is 0 Å². The zero-order valence-corrected chi connectivity index (χ0v) is 16.1. The van der Waals surface area contributed by atoms with Gasteiger partial charge >= 0.3 is 0 Å². The van der Waals surface area contributed by atoms with Gasteiger partial charge in [-0.15, -0.1) is 0 Å². The monoisotopic (exact) mass is 380 g/mol. The highest BCUT2D eigenvalue weighted by Gasteiger charge is 2.37. The van der Waals surface area contributed by atoms with Crippen molar-refractivity contribution >= 4 is 5.69 Å². The van der Waals surface area contributed by atoms with Crippen LogP contribution in [0.5, 0.6) is 0 Å². The number of pyridine rings is 1. The van der Waals surface area contributed by atoms with Gasteiger partial charge in [0.05, 0.1) is 35.3 Å². The zero-order chi connectivity index (χ0) is 18.8. The van der Waals surface area contributed by atoms with Crippen molar-refractivity contribution in [3.63, 3.8) is 0 Å². The van der Waals surface area contributed by atoms with Crippen LogP contribution in [-0.4, -0.2) is 38.6 Å². The number of hydrogen-bond acceptors (Lipinski definition) is 6. The third-order valence-electron chi connectivity index (χ3n) is 7.03. The standard InChI is InChI=1S/C21H28N6O/c22-8-12-3-15(4-12)26-11-18(21(25-26)13-1-2-13)19-7-20-14(9-23-19)10-24-27(20)16-5-17(28)6-16/h7,9,11-13,15-17,24,28H,1-6,8,10,22H2. The molecule has 2 aromatic heterocycles. The molecule has 0 amide bonds. The maximum absolute atomic E-state index is 9.70. The summed E-state index contributed by atoms with van der Waals surface area (Å²) < 4.78 is 2.18. The summed E-state index contributed by atoms with van der Waals surface area (Å²) in [7, 11) is 0. The number of anilines is 1. The summed E-state index contributed by atoms with van der Waals surface area (Å²) in [5, 5.41) is 16.9. The molecule has 0 atom stereocenters. The van der Waals surface area contributed by atoms with Crippen LogP contribution in [0.1, 0.15) is 61.7 Å². The average molecular weight is 380 g/mol. The Morgan fingerprint density at radius 2 is 2.00 bits per heavy atom. The van der Waals surface area contributed by atoms with Crippen molar-refractivity contribution in [2.24, 2.45) is 11.7 Å². The van der Waals surface area contributed by atoms with Crippen LogP contribution in [0, 0.1) is 5.92 Å². The molecule has 7 nitrogen and oxygen atoms in total. The van der Waals surface area contributed by atoms with E-state index in [0.717, 1.165) is 44.5 Å². The van der Waals surface area contributed by atoms with Crippen molar-refractivity contribution in [3.05, 3.63) is 29.7 Å². The number of nitrogens with one attached hydrogen (secondary N) is 1. The quantitative estimate of drug-likeness (QED) is 0.736. The van der Waals surface area contributed by atoms with E-state index in [4.69, 9.17) is 15.8 Å². The van der Waals surface area contributed by atoms with E-state index in [9.17, 15) is 5.11 Å². The van der Waals surface area contributed by atoms with Gasteiger partial charge in [0.1, 0.15) is 0 Å². The molecule has 3 saturated carbocycles. The maximum atomic E-state index is 9.70. The molecule has 3 aliphatic carbocycles. The maximum Gasteiger partial charge on any atom is 0.0757 e. The van der Waals surface area contributed by atoms with E-state index >= 15 is 0 Å². The van der Waals surface area contributed by atoms with Gasteiger partial charge < -0.3 is 15.8 Å². The first-order valence-corrected chi connectivity index (χ1v) is 10.7. The molecule has 4 N–H and O–H groups in total. The Hall–Kier alpha value is -1.96. The lowest BCUT2D eigenvalue weighted by Crippen LogP contribution is -2.51. The SMILES string of the molecule is NCC1CC(n2cc(-c3cc4c(cn3)CNN4C3CC(O)C3)c(C3CC3)n2)C1. The van der Waals surface area contributed by atoms with Crippen molar-refractivity contribution in [2.45, 2.75) is 69.2 Å². The minimum atomic E-state index is -0.156. The number of hydrazine groups is 1. The zero-order valence-electron chi connectivity index (χ0n) is 16.1. The normalized spacial score (nSPS) is 31.4. The van der Waals surface area contributed by atoms with Gasteiger partial charge in [0.25, 0.3) is 0 Å². The Kier molecular flexibility index (Phi) is 3.79. The Labute approximate surface area is 164 Å². The van der Waals surface area contributed by atoms with Gasteiger partial charge in [-0.2, -0.15) is 5.10 Å². The number of fused-ring (bicyclic) bond motifs is 1. The van der Waals surface area contributed by atoms with E-state index in [0.29, 0.717) is 23.9 Å². The molecule has 6 rings (SSSR count). The summed E-state index contributed by atoms with van der Waals surface area (Å²) in [4.78, 5) is 4.80. The summed E-state index contributed by atoms with van der Waals surface area (Å²) in [6.07, 6.45) is 10.5. The van der Waals surface area contributed by atoms with Crippen molar-refractivity contribution in [3.8, 4) is 11.3 Å². The van der Waals surface area contributed by atoms with Crippen LogP contribution in [0.25, 0.3) is 11.3 Å². The first-order valence-electron chi connectivity index (χ1n) is 10.7. The van der Waals surface area contributed by atoms with Gasteiger partial charge in [-0.3, -0.25) is 9.67 Å². The van der Waals surface area contributed by atoms with E-state index < -0.39 is 0 Å². The van der Waals surface area contributed by atoms with Gasteiger partial charge in [0, 0.05) is 36.0 Å². The molecule has 0 saturated heterocycles. The van der Waals surface area contributed by atoms with Crippen LogP contribution >= 0.6 is 0 Å². The number of aliphatic hydroxyl groups is 1. The predicted molar refractivity (Wildman–Crippen MR) is 107 cm³/mol. The van der Waals surface area contributed by atoms with E-state index in [1.54, 1.807) is 0 Å². The Morgan fingerprint density at radius 1 is 1.18 bits per heavy atom. The summed E-state index contributed by atoms with van der Waals surface area (Å²) in [6.45, 7) is 1.59. The fraction of sp³-hybridized carbons (Fsp3) is 0.619. The Bertz CT molecular complexity index is 894. The second-order valence-electron chi connectivity index (χ2n) is 9.09. The van der Waals surface area contributed by atoms with Gasteiger partial charge in [-0.05, 0) is 57.1 Å². The lowest BCUT2D eigenvalue weighted by molar-refractivity contribution is 0.0704. The van der Waals surface area contributed by atoms with Crippen molar-refractivity contribution in [1.82, 2.24) is 20.2 Å². The van der Waals surface area contributed by atoms with Crippen LogP contribution < -0.4 is 16.2 Å². The van der Waals surface area contributed by atoms with Gasteiger partial charge in [-0.1, -0.05) is 0 Å². The number of hydrogen-bond donors (Lipinski definition) is 3. The molecule has 7 heteroatoms. The summed E-state index contributed by atoms with van der Waals surface area (Å²) >= 11 is 0. The highest BCUT2D eigenvalue weighted by Crippen LogP contribution is 2.46. The topological polar surface area (TPSA) is 92.2 Å². The number of rotatable bonds is 5. The molecule has 148 valence electrons. The van der Waals surface area contributed by atoms with E-state index in [1.807, 2.05) is 6.20 Å². The summed E-state index contributed by atoms with van der Waals surface area (Å²) in [6, 6.07) is 3.08. The van der Waals surface area contributed by atoms with Gasteiger partial charge in [0.15, 0.2) is 0 Å². The molecule has 2 aromatic rings. The number of nitrogens with two attached hydrogens (primary N) is 1. The van der Waals surface area contributed by atoms with Crippen molar-refractivity contribution in [1.29, 1.82) is 0 Å². The molecule has 3 heterocycles. The second kappa shape index (κ2) is 6.27. The highest BCUT2D eigenvalue weighted by atomic mass is 16.3. The molecule has 0 unspecified atom stereocenters. The van der Waals surface area contributed by atoms with Crippen molar-refractivity contribution in [2.75, 3.05) is 11.6 Å². The molecule has 1 aliphatic heterocycles. The predicted octanol–water partition coefficient (Wildman–Crippen LogP) is 2.08. The Balaban J connectivity index is 1.32. The van der Waals surface area contributed by atoms with Crippen LogP contribution in [0.2, 0.25) is 0 Å². The lowest BCUT2D eigenvalue weighted by Gasteiger charge is -2.39. The first kappa shape index (κ1) is 16.9. The van der Waals surface area contributed by atoms with E-state index in [1.165, 1.54) is 35.3 Å². The molecule has 0 radical (unpaired) electrons. The minimum Gasteiger partial charge on any atom is -0.393 e. The van der Waals surface area contributed by atoms with Crippen LogP contribution in [0.4, 0.5) is 5.69 Å². The van der Waals surface area contributed by atoms with Gasteiger partial charge in [-0.25, -0.2) is 5.43 Å². The molecule has 0 bridgehead atoms. The molecule has 3 fully saturated rings. The van der Waals surface area contributed by atoms with Crippen molar-refractivity contribution < 1.29 is 5.11 Å². The number of nitrogens with zero attached hydrogens (tertiary/aromatic N) is 4. The average Bonchev–Trinajstić information content (AvgIpc) is 3.26. The summed E-state index contributed by atoms with van der Waals surface area (Å²) in [5.41, 5.74) is 15.2. The van der Waals surface area contributed by atoms with Crippen LogP contribution in [-0.2, 0) is 6.54 Å². The fourth-order valence-electron chi connectivity index (χ4n) is 4.89. The fourth-order valence-corrected chi connectivity index (χ4v) is 4.89. The number of aromatic nitrogens is 3. The van der Waals surface area contributed by atoms with E-state index in [2.05, 4.69) is 27.4 Å². The Morgan fingerprint density at radius 3 is 2.71 bits per heavy atom. The largest absolute Gasteiger partial charge is 0.393 e. The number of aliphatic hydroxyl groups excluding tert-OH is 1. The minimum absolute atomic E-state index is 0.156. The summed E-state index contributed by atoms with van der Waals surface area (Å²) in [5.74, 6) is 1.24. The first-order chi connectivity index (χ1) is 13.7. The van der Waals surface area contributed by atoms with Gasteiger partial charge in [0.2, 0.25) is 0 Å². The molecule has 0 aromatic carbocycles. The molecule has 28 heavy (non-hydrogen) atoms. The third-order valence-corrected chi connectivity index (χ3v) is 7.03. The third kappa shape index (κ3) is 2.68. The second-order valence-corrected chi connectivity index (χ2v) is 9.09. The molecule has 0 spiro atoms. The smallest absolute Gasteiger partial charge is 0.0757 e. The lowest BCUT2D eigenvalue weighted by atomic mass is 9.80. The van der Waals surface area contributed by atoms with Crippen LogP contribution in [0.15, 0.2) is 18.5 Å². The molecule has 4 aliphatic rings. The molecular formula is C21H28N6O. The molecular weight excluding hydrogens is 352 g/mol. The van der Waals surface area contributed by atoms with E-state index in [-0.39, 0.29) is 6.10 Å².